The number of nitrogens with zero attached hydrogens (tertiary/aromatic N) is 3. The molecule has 4 rings (SSSR count). The van der Waals surface area contributed by atoms with Crippen molar-refractivity contribution in [3.63, 3.8) is 0 Å². The van der Waals surface area contributed by atoms with Crippen LogP contribution in [0.2, 0.25) is 0 Å². The topological polar surface area (TPSA) is 29.0 Å². The van der Waals surface area contributed by atoms with Gasteiger partial charge in [-0.15, -0.1) is 0 Å². The van der Waals surface area contributed by atoms with Gasteiger partial charge in [-0.25, -0.2) is 4.98 Å². The summed E-state index contributed by atoms with van der Waals surface area (Å²) >= 11 is 1.55. The Kier molecular flexibility index (Phi) is 2.58. The van der Waals surface area contributed by atoms with E-state index in [9.17, 15) is 0 Å². The Labute approximate surface area is 117 Å². The van der Waals surface area contributed by atoms with Gasteiger partial charge in [-0.1, -0.05) is 24.3 Å². The maximum absolute atomic E-state index is 4.72. The molecule has 0 amide bonds. The van der Waals surface area contributed by atoms with Crippen LogP contribution in [0.5, 0.6) is 0 Å². The van der Waals surface area contributed by atoms with E-state index in [1.807, 2.05) is 0 Å². The highest BCUT2D eigenvalue weighted by Crippen LogP contribution is 2.42. The number of benzene rings is 1. The number of anilines is 1. The first-order valence-corrected chi connectivity index (χ1v) is 7.74. The van der Waals surface area contributed by atoms with Crippen LogP contribution in [0, 0.1) is 0 Å². The van der Waals surface area contributed by atoms with Gasteiger partial charge in [0.25, 0.3) is 0 Å². The molecule has 0 N–H and O–H groups in total. The summed E-state index contributed by atoms with van der Waals surface area (Å²) in [4.78, 5) is 7.04. The van der Waals surface area contributed by atoms with E-state index < -0.39 is 0 Å². The number of rotatable bonds is 3. The summed E-state index contributed by atoms with van der Waals surface area (Å²) < 4.78 is 4.52. The lowest BCUT2D eigenvalue weighted by Crippen LogP contribution is -2.22. The molecule has 1 atom stereocenters. The van der Waals surface area contributed by atoms with Crippen LogP contribution in [-0.4, -0.2) is 16.4 Å². The third-order valence-electron chi connectivity index (χ3n) is 4.24. The maximum Gasteiger partial charge on any atom is 0.205 e. The van der Waals surface area contributed by atoms with E-state index in [1.54, 1.807) is 11.5 Å². The van der Waals surface area contributed by atoms with Gasteiger partial charge in [-0.3, -0.25) is 0 Å². The van der Waals surface area contributed by atoms with Gasteiger partial charge in [-0.05, 0) is 36.8 Å². The molecule has 98 valence electrons. The molecule has 1 aromatic carbocycles. The molecule has 19 heavy (non-hydrogen) atoms. The Balaban J connectivity index is 1.61. The zero-order valence-corrected chi connectivity index (χ0v) is 11.9. The summed E-state index contributed by atoms with van der Waals surface area (Å²) in [7, 11) is 2.16. The quantitative estimate of drug-likeness (QED) is 0.855. The van der Waals surface area contributed by atoms with Crippen LogP contribution in [0.15, 0.2) is 24.3 Å². The second-order valence-electron chi connectivity index (χ2n) is 5.57. The molecule has 0 radical (unpaired) electrons. The van der Waals surface area contributed by atoms with Gasteiger partial charge in [0.15, 0.2) is 0 Å². The Morgan fingerprint density at radius 1 is 1.21 bits per heavy atom. The highest BCUT2D eigenvalue weighted by molar-refractivity contribution is 7.09. The minimum absolute atomic E-state index is 0.469. The molecule has 2 aliphatic carbocycles. The molecule has 1 saturated carbocycles. The molecule has 0 bridgehead atoms. The summed E-state index contributed by atoms with van der Waals surface area (Å²) in [6.45, 7) is 0. The van der Waals surface area contributed by atoms with E-state index in [2.05, 4.69) is 40.6 Å². The second kappa shape index (κ2) is 4.30. The number of aryl methyl sites for hydroxylation is 1. The van der Waals surface area contributed by atoms with Crippen molar-refractivity contribution in [2.24, 2.45) is 0 Å². The zero-order chi connectivity index (χ0) is 12.8. The average Bonchev–Trinajstić information content (AvgIpc) is 3.03. The van der Waals surface area contributed by atoms with E-state index in [1.165, 1.54) is 36.8 Å². The van der Waals surface area contributed by atoms with Gasteiger partial charge in [0.05, 0.1) is 6.04 Å². The van der Waals surface area contributed by atoms with Crippen molar-refractivity contribution in [2.45, 2.75) is 37.6 Å². The molecular formula is C15H17N3S. The maximum atomic E-state index is 4.72. The van der Waals surface area contributed by atoms with Crippen LogP contribution in [0.3, 0.4) is 0 Å². The molecule has 1 aromatic heterocycles. The standard InChI is InChI=1S/C15H17N3S/c1-18(15-16-14(17-19-15)11-6-7-11)13-9-8-10-4-2-3-5-12(10)13/h2-5,11,13H,6-9H2,1H3. The summed E-state index contributed by atoms with van der Waals surface area (Å²) in [6.07, 6.45) is 4.91. The lowest BCUT2D eigenvalue weighted by Gasteiger charge is -2.24. The summed E-state index contributed by atoms with van der Waals surface area (Å²) in [5.74, 6) is 1.72. The van der Waals surface area contributed by atoms with Crippen LogP contribution in [0.4, 0.5) is 5.13 Å². The van der Waals surface area contributed by atoms with Gasteiger partial charge >= 0.3 is 0 Å². The number of aromatic nitrogens is 2. The van der Waals surface area contributed by atoms with Gasteiger partial charge in [0.2, 0.25) is 5.13 Å². The summed E-state index contributed by atoms with van der Waals surface area (Å²) in [5, 5.41) is 1.07. The minimum Gasteiger partial charge on any atom is -0.343 e. The fourth-order valence-corrected chi connectivity index (χ4v) is 3.70. The van der Waals surface area contributed by atoms with Crippen molar-refractivity contribution >= 4 is 16.7 Å². The lowest BCUT2D eigenvalue weighted by atomic mass is 10.1. The summed E-state index contributed by atoms with van der Waals surface area (Å²) in [6, 6.07) is 9.25. The van der Waals surface area contributed by atoms with Crippen LogP contribution in [0.1, 0.15) is 48.2 Å². The molecule has 0 spiro atoms. The fraction of sp³-hybridized carbons (Fsp3) is 0.467. The largest absolute Gasteiger partial charge is 0.343 e. The van der Waals surface area contributed by atoms with E-state index in [4.69, 9.17) is 4.98 Å². The normalized spacial score (nSPS) is 21.4. The minimum atomic E-state index is 0.469. The van der Waals surface area contributed by atoms with Crippen LogP contribution in [0.25, 0.3) is 0 Å². The monoisotopic (exact) mass is 271 g/mol. The molecule has 2 aromatic rings. The molecule has 3 nitrogen and oxygen atoms in total. The van der Waals surface area contributed by atoms with Crippen LogP contribution in [-0.2, 0) is 6.42 Å². The van der Waals surface area contributed by atoms with Crippen molar-refractivity contribution in [3.8, 4) is 0 Å². The van der Waals surface area contributed by atoms with Crippen molar-refractivity contribution in [1.29, 1.82) is 0 Å². The number of fused-ring (bicyclic) bond motifs is 1. The fourth-order valence-electron chi connectivity index (χ4n) is 2.95. The van der Waals surface area contributed by atoms with Gasteiger partial charge in [0.1, 0.15) is 5.82 Å². The van der Waals surface area contributed by atoms with Crippen LogP contribution >= 0.6 is 11.5 Å². The van der Waals surface area contributed by atoms with Crippen LogP contribution < -0.4 is 4.90 Å². The predicted molar refractivity (Wildman–Crippen MR) is 77.8 cm³/mol. The highest BCUT2D eigenvalue weighted by Gasteiger charge is 2.31. The molecule has 0 saturated heterocycles. The van der Waals surface area contributed by atoms with Gasteiger partial charge in [0, 0.05) is 24.5 Å². The smallest absolute Gasteiger partial charge is 0.205 e. The Morgan fingerprint density at radius 2 is 2.05 bits per heavy atom. The average molecular weight is 271 g/mol. The Bertz CT molecular complexity index is 603. The highest BCUT2D eigenvalue weighted by atomic mass is 32.1. The molecule has 1 unspecified atom stereocenters. The molecular weight excluding hydrogens is 254 g/mol. The predicted octanol–water partition coefficient (Wildman–Crippen LogP) is 3.54. The molecule has 4 heteroatoms. The zero-order valence-electron chi connectivity index (χ0n) is 11.0. The molecule has 1 heterocycles. The molecule has 1 fully saturated rings. The van der Waals surface area contributed by atoms with Crippen molar-refractivity contribution in [1.82, 2.24) is 9.36 Å². The number of hydrogen-bond donors (Lipinski definition) is 0. The Hall–Kier alpha value is -1.42. The first-order chi connectivity index (χ1) is 9.33. The molecule has 0 aliphatic heterocycles. The van der Waals surface area contributed by atoms with Crippen molar-refractivity contribution < 1.29 is 0 Å². The number of hydrogen-bond acceptors (Lipinski definition) is 4. The van der Waals surface area contributed by atoms with E-state index in [-0.39, 0.29) is 0 Å². The van der Waals surface area contributed by atoms with Gasteiger partial charge < -0.3 is 4.90 Å². The van der Waals surface area contributed by atoms with E-state index in [0.29, 0.717) is 12.0 Å². The van der Waals surface area contributed by atoms with Gasteiger partial charge in [-0.2, -0.15) is 4.37 Å². The third-order valence-corrected chi connectivity index (χ3v) is 5.06. The lowest BCUT2D eigenvalue weighted by molar-refractivity contribution is 0.659. The van der Waals surface area contributed by atoms with Crippen molar-refractivity contribution in [2.75, 3.05) is 11.9 Å². The second-order valence-corrected chi connectivity index (χ2v) is 6.30. The summed E-state index contributed by atoms with van der Waals surface area (Å²) in [5.41, 5.74) is 2.96. The first kappa shape index (κ1) is 11.4. The Morgan fingerprint density at radius 3 is 2.89 bits per heavy atom. The third kappa shape index (κ3) is 1.94. The molecule has 2 aliphatic rings. The van der Waals surface area contributed by atoms with E-state index >= 15 is 0 Å². The van der Waals surface area contributed by atoms with E-state index in [0.717, 1.165) is 11.0 Å². The SMILES string of the molecule is CN(c1nc(C2CC2)ns1)C1CCc2ccccc21. The van der Waals surface area contributed by atoms with Crippen molar-refractivity contribution in [3.05, 3.63) is 41.2 Å². The first-order valence-electron chi connectivity index (χ1n) is 6.97.